The zero-order valence-electron chi connectivity index (χ0n) is 6.41. The summed E-state index contributed by atoms with van der Waals surface area (Å²) in [5.41, 5.74) is 0. The van der Waals surface area contributed by atoms with E-state index in [-0.39, 0.29) is 0 Å². The van der Waals surface area contributed by atoms with Crippen molar-refractivity contribution in [2.24, 2.45) is 5.14 Å². The van der Waals surface area contributed by atoms with E-state index in [0.29, 0.717) is 6.61 Å². The summed E-state index contributed by atoms with van der Waals surface area (Å²) >= 11 is 1.21. The van der Waals surface area contributed by atoms with Crippen LogP contribution in [-0.4, -0.2) is 6.61 Å². The first-order chi connectivity index (χ1) is 5.38. The van der Waals surface area contributed by atoms with Crippen LogP contribution < -0.4 is 9.88 Å². The minimum absolute atomic E-state index is 0.678. The fraction of sp³-hybridized carbons (Fsp3) is 0.250. The SMILES string of the molecule is CCOc1ccccc1SN. The number of nitrogens with two attached hydrogens (primary N) is 1. The first kappa shape index (κ1) is 8.43. The Morgan fingerprint density at radius 2 is 2.18 bits per heavy atom. The Balaban J connectivity index is 2.83. The van der Waals surface area contributed by atoms with E-state index in [1.54, 1.807) is 0 Å². The molecule has 1 aromatic carbocycles. The molecule has 0 aromatic heterocycles. The third-order valence-corrected chi connectivity index (χ3v) is 1.87. The van der Waals surface area contributed by atoms with Crippen LogP contribution in [0.3, 0.4) is 0 Å². The van der Waals surface area contributed by atoms with Gasteiger partial charge in [0.1, 0.15) is 5.75 Å². The zero-order chi connectivity index (χ0) is 8.10. The topological polar surface area (TPSA) is 35.2 Å². The molecule has 0 saturated heterocycles. The Bertz CT molecular complexity index is 227. The fourth-order valence-electron chi connectivity index (χ4n) is 0.822. The molecule has 0 radical (unpaired) electrons. The number of hydrogen-bond acceptors (Lipinski definition) is 3. The average molecular weight is 169 g/mol. The smallest absolute Gasteiger partial charge is 0.134 e. The molecule has 60 valence electrons. The normalized spacial score (nSPS) is 9.64. The lowest BCUT2D eigenvalue weighted by Crippen LogP contribution is -1.93. The third-order valence-electron chi connectivity index (χ3n) is 1.28. The van der Waals surface area contributed by atoms with Gasteiger partial charge in [-0.15, -0.1) is 0 Å². The molecule has 0 unspecified atom stereocenters. The molecule has 3 heteroatoms. The first-order valence-corrected chi connectivity index (χ1v) is 4.35. The Kier molecular flexibility index (Phi) is 3.26. The number of rotatable bonds is 3. The number of para-hydroxylation sites is 1. The van der Waals surface area contributed by atoms with E-state index in [9.17, 15) is 0 Å². The van der Waals surface area contributed by atoms with Gasteiger partial charge in [0, 0.05) is 0 Å². The predicted molar refractivity (Wildman–Crippen MR) is 47.7 cm³/mol. The summed E-state index contributed by atoms with van der Waals surface area (Å²) < 4.78 is 5.33. The van der Waals surface area contributed by atoms with E-state index >= 15 is 0 Å². The minimum Gasteiger partial charge on any atom is -0.493 e. The lowest BCUT2D eigenvalue weighted by Gasteiger charge is -2.05. The highest BCUT2D eigenvalue weighted by Crippen LogP contribution is 2.24. The summed E-state index contributed by atoms with van der Waals surface area (Å²) in [4.78, 5) is 0.981. The van der Waals surface area contributed by atoms with Crippen LogP contribution in [-0.2, 0) is 0 Å². The van der Waals surface area contributed by atoms with E-state index in [1.807, 2.05) is 31.2 Å². The minimum atomic E-state index is 0.678. The molecule has 0 aliphatic rings. The highest BCUT2D eigenvalue weighted by Gasteiger charge is 1.98. The van der Waals surface area contributed by atoms with Crippen LogP contribution in [0.2, 0.25) is 0 Å². The maximum atomic E-state index is 5.42. The first-order valence-electron chi connectivity index (χ1n) is 3.47. The molecular weight excluding hydrogens is 158 g/mol. The van der Waals surface area contributed by atoms with Gasteiger partial charge in [0.25, 0.3) is 0 Å². The zero-order valence-corrected chi connectivity index (χ0v) is 7.23. The molecule has 1 rings (SSSR count). The van der Waals surface area contributed by atoms with Crippen molar-refractivity contribution in [3.05, 3.63) is 24.3 Å². The second-order valence-corrected chi connectivity index (χ2v) is 2.67. The van der Waals surface area contributed by atoms with Crippen molar-refractivity contribution in [3.8, 4) is 5.75 Å². The maximum absolute atomic E-state index is 5.42. The van der Waals surface area contributed by atoms with Crippen molar-refractivity contribution in [1.29, 1.82) is 0 Å². The van der Waals surface area contributed by atoms with Crippen LogP contribution in [0.5, 0.6) is 5.75 Å². The van der Waals surface area contributed by atoms with Crippen LogP contribution in [0.4, 0.5) is 0 Å². The molecule has 0 spiro atoms. The molecule has 0 bridgehead atoms. The average Bonchev–Trinajstić information content (AvgIpc) is 2.06. The Morgan fingerprint density at radius 3 is 2.82 bits per heavy atom. The quantitative estimate of drug-likeness (QED) is 0.703. The van der Waals surface area contributed by atoms with Gasteiger partial charge in [-0.1, -0.05) is 12.1 Å². The summed E-state index contributed by atoms with van der Waals surface area (Å²) in [7, 11) is 0. The van der Waals surface area contributed by atoms with Crippen molar-refractivity contribution in [2.45, 2.75) is 11.8 Å². The lowest BCUT2D eigenvalue weighted by atomic mass is 10.3. The van der Waals surface area contributed by atoms with Gasteiger partial charge >= 0.3 is 0 Å². The summed E-state index contributed by atoms with van der Waals surface area (Å²) in [6, 6.07) is 7.73. The van der Waals surface area contributed by atoms with E-state index in [1.165, 1.54) is 11.9 Å². The maximum Gasteiger partial charge on any atom is 0.134 e. The predicted octanol–water partition coefficient (Wildman–Crippen LogP) is 2.05. The number of ether oxygens (including phenoxy) is 1. The summed E-state index contributed by atoms with van der Waals surface area (Å²) in [6.45, 7) is 2.63. The van der Waals surface area contributed by atoms with Crippen LogP contribution in [0.25, 0.3) is 0 Å². The molecule has 2 N–H and O–H groups in total. The lowest BCUT2D eigenvalue weighted by molar-refractivity contribution is 0.332. The molecule has 11 heavy (non-hydrogen) atoms. The molecule has 0 heterocycles. The van der Waals surface area contributed by atoms with Gasteiger partial charge < -0.3 is 4.74 Å². The van der Waals surface area contributed by atoms with Crippen LogP contribution in [0.1, 0.15) is 6.92 Å². The van der Waals surface area contributed by atoms with Crippen LogP contribution in [0.15, 0.2) is 29.2 Å². The van der Waals surface area contributed by atoms with Crippen molar-refractivity contribution < 1.29 is 4.74 Å². The highest BCUT2D eigenvalue weighted by molar-refractivity contribution is 7.97. The van der Waals surface area contributed by atoms with Gasteiger partial charge in [0.15, 0.2) is 0 Å². The molecule has 2 nitrogen and oxygen atoms in total. The summed E-state index contributed by atoms with van der Waals surface area (Å²) in [5, 5.41) is 5.42. The number of hydrogen-bond donors (Lipinski definition) is 1. The van der Waals surface area contributed by atoms with Gasteiger partial charge in [-0.05, 0) is 31.0 Å². The van der Waals surface area contributed by atoms with Crippen molar-refractivity contribution >= 4 is 11.9 Å². The molecule has 0 amide bonds. The summed E-state index contributed by atoms with van der Waals surface area (Å²) in [5.74, 6) is 0.863. The molecule has 0 aliphatic carbocycles. The molecule has 0 aliphatic heterocycles. The summed E-state index contributed by atoms with van der Waals surface area (Å²) in [6.07, 6.45) is 0. The van der Waals surface area contributed by atoms with Crippen molar-refractivity contribution in [3.63, 3.8) is 0 Å². The van der Waals surface area contributed by atoms with E-state index in [0.717, 1.165) is 10.6 Å². The second kappa shape index (κ2) is 4.26. The van der Waals surface area contributed by atoms with Crippen LogP contribution >= 0.6 is 11.9 Å². The monoisotopic (exact) mass is 169 g/mol. The standard InChI is InChI=1S/C8H11NOS/c1-2-10-7-5-3-4-6-8(7)11-9/h3-6H,2,9H2,1H3. The Hall–Kier alpha value is -0.670. The van der Waals surface area contributed by atoms with Crippen molar-refractivity contribution in [2.75, 3.05) is 6.61 Å². The van der Waals surface area contributed by atoms with E-state index < -0.39 is 0 Å². The Labute approximate surface area is 70.9 Å². The van der Waals surface area contributed by atoms with Gasteiger partial charge in [-0.25, -0.2) is 0 Å². The third kappa shape index (κ3) is 2.13. The second-order valence-electron chi connectivity index (χ2n) is 2.00. The van der Waals surface area contributed by atoms with E-state index in [4.69, 9.17) is 9.88 Å². The molecular formula is C8H11NOS. The van der Waals surface area contributed by atoms with Gasteiger partial charge in [-0.3, -0.25) is 5.14 Å². The molecule has 0 saturated carbocycles. The van der Waals surface area contributed by atoms with Crippen molar-refractivity contribution in [1.82, 2.24) is 0 Å². The largest absolute Gasteiger partial charge is 0.493 e. The highest BCUT2D eigenvalue weighted by atomic mass is 32.2. The van der Waals surface area contributed by atoms with Gasteiger partial charge in [0.05, 0.1) is 11.5 Å². The number of benzene rings is 1. The van der Waals surface area contributed by atoms with Gasteiger partial charge in [0.2, 0.25) is 0 Å². The van der Waals surface area contributed by atoms with E-state index in [2.05, 4.69) is 0 Å². The molecule has 1 aromatic rings. The van der Waals surface area contributed by atoms with Crippen LogP contribution in [0, 0.1) is 0 Å². The Morgan fingerprint density at radius 1 is 1.45 bits per heavy atom. The molecule has 0 fully saturated rings. The molecule has 0 atom stereocenters. The van der Waals surface area contributed by atoms with Gasteiger partial charge in [-0.2, -0.15) is 0 Å². The fourth-order valence-corrected chi connectivity index (χ4v) is 1.22.